The molecule has 3 N–H and O–H groups in total. The van der Waals surface area contributed by atoms with Gasteiger partial charge in [0.1, 0.15) is 6.04 Å². The molecule has 1 heterocycles. The van der Waals surface area contributed by atoms with Crippen LogP contribution in [-0.2, 0) is 4.79 Å². The first-order valence-electron chi connectivity index (χ1n) is 6.54. The van der Waals surface area contributed by atoms with E-state index < -0.39 is 6.04 Å². The highest BCUT2D eigenvalue weighted by Crippen LogP contribution is 2.17. The van der Waals surface area contributed by atoms with Gasteiger partial charge >= 0.3 is 0 Å². The van der Waals surface area contributed by atoms with Crippen LogP contribution in [0.15, 0.2) is 18.2 Å². The van der Waals surface area contributed by atoms with Crippen molar-refractivity contribution in [2.24, 2.45) is 0 Å². The van der Waals surface area contributed by atoms with Gasteiger partial charge in [0.15, 0.2) is 0 Å². The molecule has 110 valence electrons. The van der Waals surface area contributed by atoms with Crippen molar-refractivity contribution in [1.82, 2.24) is 5.32 Å². The minimum Gasteiger partial charge on any atom is -0.395 e. The van der Waals surface area contributed by atoms with Crippen LogP contribution >= 0.6 is 11.8 Å². The Labute approximate surface area is 127 Å². The van der Waals surface area contributed by atoms with Crippen molar-refractivity contribution in [1.29, 1.82) is 0 Å². The lowest BCUT2D eigenvalue weighted by Crippen LogP contribution is -2.38. The third-order valence-corrected chi connectivity index (χ3v) is 3.83. The van der Waals surface area contributed by atoms with E-state index in [9.17, 15) is 9.59 Å². The number of rotatable bonds is 3. The minimum atomic E-state index is -0.493. The third-order valence-electron chi connectivity index (χ3n) is 2.95. The van der Waals surface area contributed by atoms with Gasteiger partial charge in [-0.25, -0.2) is 0 Å². The number of carbonyl (C=O) groups excluding carboxylic acids is 2. The first kappa shape index (κ1) is 15.4. The molecule has 1 fully saturated rings. The monoisotopic (exact) mass is 304 g/mol. The first-order valence-corrected chi connectivity index (χ1v) is 7.53. The van der Waals surface area contributed by atoms with Crippen molar-refractivity contribution in [2.75, 3.05) is 17.7 Å². The Bertz CT molecular complexity index is 619. The number of aliphatic hydroxyl groups excluding tert-OH is 1. The summed E-state index contributed by atoms with van der Waals surface area (Å²) in [5.41, 5.74) is 2.46. The Balaban J connectivity index is 2.07. The number of aryl methyl sites for hydroxylation is 1. The van der Waals surface area contributed by atoms with Gasteiger partial charge in [0.2, 0.25) is 5.91 Å². The molecule has 1 unspecified atom stereocenters. The maximum atomic E-state index is 12.0. The Hall–Kier alpha value is -1.97. The Kier molecular flexibility index (Phi) is 5.26. The van der Waals surface area contributed by atoms with Gasteiger partial charge in [0.25, 0.3) is 5.24 Å². The zero-order valence-electron chi connectivity index (χ0n) is 11.6. The molecular formula is C15H16N2O3S. The summed E-state index contributed by atoms with van der Waals surface area (Å²) in [7, 11) is 0. The van der Waals surface area contributed by atoms with Gasteiger partial charge in [0, 0.05) is 23.4 Å². The van der Waals surface area contributed by atoms with Crippen LogP contribution in [0.3, 0.4) is 0 Å². The van der Waals surface area contributed by atoms with Gasteiger partial charge in [-0.3, -0.25) is 9.59 Å². The van der Waals surface area contributed by atoms with Crippen LogP contribution in [0.5, 0.6) is 0 Å². The maximum Gasteiger partial charge on any atom is 0.279 e. The van der Waals surface area contributed by atoms with E-state index in [0.717, 1.165) is 22.9 Å². The van der Waals surface area contributed by atoms with E-state index in [4.69, 9.17) is 5.11 Å². The van der Waals surface area contributed by atoms with E-state index in [-0.39, 0.29) is 17.8 Å². The van der Waals surface area contributed by atoms with E-state index >= 15 is 0 Å². The number of carbonyl (C=O) groups is 2. The number of anilines is 1. The predicted octanol–water partition coefficient (Wildman–Crippen LogP) is 1.49. The lowest BCUT2D eigenvalue weighted by molar-refractivity contribution is -0.117. The molecule has 2 rings (SSSR count). The highest BCUT2D eigenvalue weighted by Gasteiger charge is 2.27. The van der Waals surface area contributed by atoms with Crippen LogP contribution in [-0.4, -0.2) is 34.7 Å². The van der Waals surface area contributed by atoms with Crippen molar-refractivity contribution in [3.05, 3.63) is 29.3 Å². The summed E-state index contributed by atoms with van der Waals surface area (Å²) in [4.78, 5) is 23.1. The molecule has 0 aliphatic carbocycles. The van der Waals surface area contributed by atoms with E-state index in [1.807, 2.05) is 13.0 Å². The topological polar surface area (TPSA) is 78.4 Å². The molecule has 1 atom stereocenters. The van der Waals surface area contributed by atoms with Gasteiger partial charge in [-0.2, -0.15) is 0 Å². The fourth-order valence-corrected chi connectivity index (χ4v) is 2.58. The smallest absolute Gasteiger partial charge is 0.279 e. The van der Waals surface area contributed by atoms with Crippen molar-refractivity contribution < 1.29 is 14.7 Å². The maximum absolute atomic E-state index is 12.0. The molecular weight excluding hydrogens is 288 g/mol. The van der Waals surface area contributed by atoms with Crippen molar-refractivity contribution in [2.45, 2.75) is 19.4 Å². The fourth-order valence-electron chi connectivity index (χ4n) is 1.80. The average Bonchev–Trinajstić information content (AvgIpc) is 2.89. The van der Waals surface area contributed by atoms with Crippen molar-refractivity contribution in [3.8, 4) is 11.8 Å². The standard InChI is InChI=1S/C15H16N2O3S/c1-10-5-6-12(8-11(10)4-2-3-7-18)16-14(19)13-9-21-15(20)17-13/h5-6,8,13,18H,3,7,9H2,1H3,(H,16,19)(H,17,20). The lowest BCUT2D eigenvalue weighted by Gasteiger charge is -2.11. The zero-order chi connectivity index (χ0) is 15.2. The van der Waals surface area contributed by atoms with Crippen LogP contribution in [0.4, 0.5) is 10.5 Å². The van der Waals surface area contributed by atoms with E-state index in [1.165, 1.54) is 0 Å². The number of nitrogens with one attached hydrogen (secondary N) is 2. The Morgan fingerprint density at radius 3 is 3.05 bits per heavy atom. The van der Waals surface area contributed by atoms with E-state index in [2.05, 4.69) is 22.5 Å². The molecule has 1 aliphatic heterocycles. The number of aliphatic hydroxyl groups is 1. The summed E-state index contributed by atoms with van der Waals surface area (Å²) < 4.78 is 0. The Morgan fingerprint density at radius 1 is 1.57 bits per heavy atom. The fraction of sp³-hybridized carbons (Fsp3) is 0.333. The third kappa shape index (κ3) is 4.25. The molecule has 6 heteroatoms. The van der Waals surface area contributed by atoms with Crippen LogP contribution in [0.1, 0.15) is 17.5 Å². The quantitative estimate of drug-likeness (QED) is 0.739. The number of hydrogen-bond acceptors (Lipinski definition) is 4. The molecule has 1 saturated heterocycles. The number of thioether (sulfide) groups is 1. The predicted molar refractivity (Wildman–Crippen MR) is 83.2 cm³/mol. The molecule has 21 heavy (non-hydrogen) atoms. The van der Waals surface area contributed by atoms with Gasteiger partial charge in [0.05, 0.1) is 6.61 Å². The van der Waals surface area contributed by atoms with E-state index in [1.54, 1.807) is 12.1 Å². The van der Waals surface area contributed by atoms with Crippen LogP contribution in [0, 0.1) is 18.8 Å². The summed E-state index contributed by atoms with van der Waals surface area (Å²) in [6.45, 7) is 1.96. The molecule has 1 aromatic rings. The summed E-state index contributed by atoms with van der Waals surface area (Å²) in [5, 5.41) is 13.9. The van der Waals surface area contributed by atoms with Crippen LogP contribution < -0.4 is 10.6 Å². The molecule has 1 aromatic carbocycles. The van der Waals surface area contributed by atoms with Gasteiger partial charge in [-0.05, 0) is 24.6 Å². The molecule has 0 radical (unpaired) electrons. The molecule has 0 spiro atoms. The molecule has 0 saturated carbocycles. The van der Waals surface area contributed by atoms with Gasteiger partial charge < -0.3 is 15.7 Å². The second-order valence-corrected chi connectivity index (χ2v) is 5.58. The number of amides is 2. The van der Waals surface area contributed by atoms with Crippen LogP contribution in [0.2, 0.25) is 0 Å². The summed E-state index contributed by atoms with van der Waals surface area (Å²) in [5.74, 6) is 6.04. The SMILES string of the molecule is Cc1ccc(NC(=O)C2CSC(=O)N2)cc1C#CCCO. The van der Waals surface area contributed by atoms with Gasteiger partial charge in [-0.1, -0.05) is 29.7 Å². The molecule has 1 aliphatic rings. The molecule has 0 bridgehead atoms. The van der Waals surface area contributed by atoms with Crippen LogP contribution in [0.25, 0.3) is 0 Å². The summed E-state index contributed by atoms with van der Waals surface area (Å²) >= 11 is 1.11. The first-order chi connectivity index (χ1) is 10.1. The second-order valence-electron chi connectivity index (χ2n) is 4.59. The number of benzene rings is 1. The van der Waals surface area contributed by atoms with Crippen molar-refractivity contribution in [3.63, 3.8) is 0 Å². The summed E-state index contributed by atoms with van der Waals surface area (Å²) in [6.07, 6.45) is 0.418. The average molecular weight is 304 g/mol. The molecule has 5 nitrogen and oxygen atoms in total. The van der Waals surface area contributed by atoms with Crippen molar-refractivity contribution >= 4 is 28.6 Å². The Morgan fingerprint density at radius 2 is 2.38 bits per heavy atom. The lowest BCUT2D eigenvalue weighted by atomic mass is 10.1. The largest absolute Gasteiger partial charge is 0.395 e. The molecule has 0 aromatic heterocycles. The highest BCUT2D eigenvalue weighted by molar-refractivity contribution is 8.14. The summed E-state index contributed by atoms with van der Waals surface area (Å²) in [6, 6.07) is 4.98. The second kappa shape index (κ2) is 7.16. The number of hydrogen-bond donors (Lipinski definition) is 3. The zero-order valence-corrected chi connectivity index (χ0v) is 12.4. The molecule has 2 amide bonds. The highest BCUT2D eigenvalue weighted by atomic mass is 32.2. The minimum absolute atomic E-state index is 0.0293. The van der Waals surface area contributed by atoms with Gasteiger partial charge in [-0.15, -0.1) is 0 Å². The van der Waals surface area contributed by atoms with E-state index in [0.29, 0.717) is 17.9 Å². The normalized spacial score (nSPS) is 16.9.